The number of fused-ring (bicyclic) bond motifs is 6. The van der Waals surface area contributed by atoms with Crippen LogP contribution in [0, 0.1) is 0 Å². The molecule has 3 aromatic heterocycles. The van der Waals surface area contributed by atoms with E-state index in [0.29, 0.717) is 29.1 Å². The van der Waals surface area contributed by atoms with E-state index < -0.39 is 0 Å². The molecular weight excluding hydrogens is 851 g/mol. The zero-order chi connectivity index (χ0) is 45.4. The topological polar surface area (TPSA) is 94.3 Å². The number of aromatic nitrogens is 4. The minimum Gasteiger partial charge on any atom is -0.383 e. The van der Waals surface area contributed by atoms with Gasteiger partial charge in [-0.2, -0.15) is 0 Å². The number of nitrogens with two attached hydrogens (primary N) is 1. The number of hydrogen-bond donors (Lipinski definition) is 1. The van der Waals surface area contributed by atoms with Gasteiger partial charge in [0.2, 0.25) is 0 Å². The number of aliphatic imine (C=N–C) groups is 2. The predicted octanol–water partition coefficient (Wildman–Crippen LogP) is 14.4. The van der Waals surface area contributed by atoms with Crippen LogP contribution in [0.15, 0.2) is 234 Å². The molecule has 0 fully saturated rings. The summed E-state index contributed by atoms with van der Waals surface area (Å²) in [5, 5.41) is 4.90. The maximum Gasteiger partial charge on any atom is 0.164 e. The molecule has 0 aliphatic carbocycles. The highest BCUT2D eigenvalue weighted by Crippen LogP contribution is 2.42. The van der Waals surface area contributed by atoms with Gasteiger partial charge in [0, 0.05) is 58.8 Å². The summed E-state index contributed by atoms with van der Waals surface area (Å²) >= 11 is 1.85. The van der Waals surface area contributed by atoms with Crippen molar-refractivity contribution >= 4 is 65.0 Å². The Morgan fingerprint density at radius 3 is 1.72 bits per heavy atom. The van der Waals surface area contributed by atoms with Crippen LogP contribution in [0.3, 0.4) is 0 Å². The maximum absolute atomic E-state index is 6.71. The summed E-state index contributed by atoms with van der Waals surface area (Å²) in [6.07, 6.45) is 0. The third kappa shape index (κ3) is 7.58. The Morgan fingerprint density at radius 1 is 0.456 bits per heavy atom. The van der Waals surface area contributed by atoms with Crippen molar-refractivity contribution < 1.29 is 0 Å². The van der Waals surface area contributed by atoms with Gasteiger partial charge in [0.05, 0.1) is 23.3 Å². The molecule has 0 saturated heterocycles. The first-order chi connectivity index (χ1) is 33.6. The summed E-state index contributed by atoms with van der Waals surface area (Å²) < 4.78 is 4.95. The monoisotopic (exact) mass is 891 g/mol. The summed E-state index contributed by atoms with van der Waals surface area (Å²) in [7, 11) is 0. The highest BCUT2D eigenvalue weighted by atomic mass is 32.1. The van der Waals surface area contributed by atoms with E-state index in [9.17, 15) is 0 Å². The number of thiophene rings is 1. The lowest BCUT2D eigenvalue weighted by Crippen LogP contribution is -2.16. The lowest BCUT2D eigenvalue weighted by molar-refractivity contribution is 1.02. The first-order valence-electron chi connectivity index (χ1n) is 22.6. The van der Waals surface area contributed by atoms with Gasteiger partial charge in [0.25, 0.3) is 0 Å². The van der Waals surface area contributed by atoms with Crippen LogP contribution >= 0.6 is 11.3 Å². The molecule has 9 aromatic carbocycles. The van der Waals surface area contributed by atoms with E-state index in [2.05, 4.69) is 108 Å². The van der Waals surface area contributed by atoms with Crippen molar-refractivity contribution in [2.45, 2.75) is 6.54 Å². The summed E-state index contributed by atoms with van der Waals surface area (Å²) in [5.41, 5.74) is 17.6. The molecule has 0 spiro atoms. The molecule has 7 nitrogen and oxygen atoms in total. The van der Waals surface area contributed by atoms with E-state index in [4.69, 9.17) is 30.7 Å². The van der Waals surface area contributed by atoms with Gasteiger partial charge in [-0.25, -0.2) is 19.9 Å². The van der Waals surface area contributed by atoms with Crippen molar-refractivity contribution in [3.63, 3.8) is 0 Å². The first kappa shape index (κ1) is 40.6. The van der Waals surface area contributed by atoms with Crippen LogP contribution in [0.5, 0.6) is 0 Å². The average Bonchev–Trinajstić information content (AvgIpc) is 3.96. The molecule has 12 rings (SSSR count). The fourth-order valence-corrected chi connectivity index (χ4v) is 10.3. The Hall–Kier alpha value is -8.85. The Morgan fingerprint density at radius 2 is 1.01 bits per heavy atom. The average molecular weight is 892 g/mol. The van der Waals surface area contributed by atoms with Gasteiger partial charge in [-0.05, 0) is 59.2 Å². The van der Waals surface area contributed by atoms with Crippen LogP contribution < -0.4 is 5.73 Å². The van der Waals surface area contributed by atoms with E-state index >= 15 is 0 Å². The largest absolute Gasteiger partial charge is 0.383 e. The summed E-state index contributed by atoms with van der Waals surface area (Å²) in [6.45, 7) is 0.279. The third-order valence-corrected chi connectivity index (χ3v) is 13.6. The molecule has 8 heteroatoms. The predicted molar refractivity (Wildman–Crippen MR) is 283 cm³/mol. The molecule has 0 radical (unpaired) electrons. The highest BCUT2D eigenvalue weighted by Gasteiger charge is 2.20. The van der Waals surface area contributed by atoms with E-state index in [1.165, 1.54) is 31.3 Å². The Balaban J connectivity index is 1.06. The van der Waals surface area contributed by atoms with Gasteiger partial charge in [0.15, 0.2) is 23.3 Å². The van der Waals surface area contributed by atoms with Crippen LogP contribution in [-0.4, -0.2) is 31.2 Å². The van der Waals surface area contributed by atoms with Gasteiger partial charge < -0.3 is 10.3 Å². The zero-order valence-corrected chi connectivity index (χ0v) is 37.6. The minimum atomic E-state index is 0.279. The van der Waals surface area contributed by atoms with Crippen molar-refractivity contribution in [1.29, 1.82) is 0 Å². The highest BCUT2D eigenvalue weighted by molar-refractivity contribution is 7.26. The molecule has 3 heterocycles. The summed E-state index contributed by atoms with van der Waals surface area (Å²) in [6, 6.07) is 77.3. The lowest BCUT2D eigenvalue weighted by Gasteiger charge is -2.15. The molecule has 0 bridgehead atoms. The SMILES string of the molecule is NC(=NC(=NCc1cc(-c2nc(-c3ccccc3)nc(-c3ccccc3)n2)ccc1-n1c2ccccc2c2cc(-c3cccc4c3sc3ccccc34)ccc21)c1ccccc1)c1ccccc1. The van der Waals surface area contributed by atoms with Crippen LogP contribution in [0.2, 0.25) is 0 Å². The van der Waals surface area contributed by atoms with Crippen LogP contribution in [0.4, 0.5) is 0 Å². The van der Waals surface area contributed by atoms with Crippen molar-refractivity contribution in [2.24, 2.45) is 15.7 Å². The second kappa shape index (κ2) is 17.5. The quantitative estimate of drug-likeness (QED) is 0.115. The number of amidine groups is 2. The van der Waals surface area contributed by atoms with Gasteiger partial charge in [-0.15, -0.1) is 11.3 Å². The van der Waals surface area contributed by atoms with Gasteiger partial charge in [-0.1, -0.05) is 182 Å². The molecule has 0 amide bonds. The van der Waals surface area contributed by atoms with Crippen molar-refractivity contribution in [3.05, 3.63) is 241 Å². The molecule has 322 valence electrons. The van der Waals surface area contributed by atoms with Crippen LogP contribution in [0.1, 0.15) is 16.7 Å². The first-order valence-corrected chi connectivity index (χ1v) is 23.4. The summed E-state index contributed by atoms with van der Waals surface area (Å²) in [4.78, 5) is 25.5. The number of rotatable bonds is 9. The molecule has 12 aromatic rings. The normalized spacial score (nSPS) is 12.1. The number of para-hydroxylation sites is 1. The minimum absolute atomic E-state index is 0.279. The number of benzene rings is 9. The van der Waals surface area contributed by atoms with Gasteiger partial charge in [-0.3, -0.25) is 4.99 Å². The van der Waals surface area contributed by atoms with Crippen LogP contribution in [-0.2, 0) is 6.54 Å². The Bertz CT molecular complexity index is 3820. The second-order valence-corrected chi connectivity index (χ2v) is 17.7. The molecule has 0 unspecified atom stereocenters. The van der Waals surface area contributed by atoms with E-state index in [-0.39, 0.29) is 6.54 Å². The second-order valence-electron chi connectivity index (χ2n) is 16.6. The standard InChI is InChI=1S/C60H41N7S/c61-56(39-18-5-1-6-19-39)63-57(40-20-7-2-8-21-40)62-38-45-36-44(60-65-58(41-22-9-3-10-23-41)64-59(66-60)42-24-11-4-12-25-42)33-34-51(45)67-52-30-15-13-26-47(52)50-37-43(32-35-53(50)67)46-28-17-29-49-48-27-14-16-31-54(48)68-55(46)49/h1-37H,38H2,(H2,61,62,63). The smallest absolute Gasteiger partial charge is 0.164 e. The summed E-state index contributed by atoms with van der Waals surface area (Å²) in [5.74, 6) is 2.67. The molecular formula is C60H41N7S. The van der Waals surface area contributed by atoms with Crippen molar-refractivity contribution in [1.82, 2.24) is 19.5 Å². The fourth-order valence-electron chi connectivity index (χ4n) is 9.11. The van der Waals surface area contributed by atoms with Gasteiger partial charge >= 0.3 is 0 Å². The number of hydrogen-bond acceptors (Lipinski definition) is 5. The van der Waals surface area contributed by atoms with E-state index in [0.717, 1.165) is 60.9 Å². The van der Waals surface area contributed by atoms with E-state index in [1.807, 2.05) is 133 Å². The molecule has 0 aliphatic heterocycles. The Labute approximate surface area is 397 Å². The fraction of sp³-hybridized carbons (Fsp3) is 0.0167. The Kier molecular flexibility index (Phi) is 10.5. The molecule has 68 heavy (non-hydrogen) atoms. The molecule has 2 N–H and O–H groups in total. The maximum atomic E-state index is 6.71. The lowest BCUT2D eigenvalue weighted by atomic mass is 10.0. The zero-order valence-electron chi connectivity index (χ0n) is 36.7. The molecule has 0 aliphatic rings. The van der Waals surface area contributed by atoms with Crippen molar-refractivity contribution in [3.8, 4) is 51.0 Å². The molecule has 0 saturated carbocycles. The van der Waals surface area contributed by atoms with Crippen molar-refractivity contribution in [2.75, 3.05) is 0 Å². The van der Waals surface area contributed by atoms with Crippen LogP contribution in [0.25, 0.3) is 93.0 Å². The molecule has 0 atom stereocenters. The van der Waals surface area contributed by atoms with E-state index in [1.54, 1.807) is 0 Å². The van der Waals surface area contributed by atoms with Gasteiger partial charge in [0.1, 0.15) is 5.84 Å². The number of nitrogens with zero attached hydrogens (tertiary/aromatic N) is 6. The third-order valence-electron chi connectivity index (χ3n) is 12.4.